The van der Waals surface area contributed by atoms with E-state index in [1.807, 2.05) is 19.9 Å². The van der Waals surface area contributed by atoms with Crippen molar-refractivity contribution in [1.29, 1.82) is 0 Å². The van der Waals surface area contributed by atoms with Gasteiger partial charge in [0, 0.05) is 19.6 Å². The van der Waals surface area contributed by atoms with Gasteiger partial charge in [0.05, 0.1) is 5.92 Å². The normalized spacial score (nSPS) is 30.0. The zero-order chi connectivity index (χ0) is 9.84. The number of carboxylic acid groups (broad SMARTS) is 1. The third kappa shape index (κ3) is 2.56. The molecule has 0 aromatic rings. The summed E-state index contributed by atoms with van der Waals surface area (Å²) in [6, 6.07) is 0. The first-order chi connectivity index (χ1) is 6.15. The van der Waals surface area contributed by atoms with Crippen molar-refractivity contribution < 1.29 is 9.90 Å². The topological polar surface area (TPSA) is 40.5 Å². The molecule has 0 aliphatic carbocycles. The standard InChI is InChI=1S/C10H17NO2/c1-3-4-5-11-6-8(2)9(7-11)10(12)13/h3-4,8-9H,5-7H2,1-2H3,(H,12,13). The van der Waals surface area contributed by atoms with Crippen LogP contribution in [0, 0.1) is 11.8 Å². The van der Waals surface area contributed by atoms with Gasteiger partial charge in [-0.2, -0.15) is 0 Å². The van der Waals surface area contributed by atoms with E-state index < -0.39 is 5.97 Å². The molecule has 0 amide bonds. The molecular weight excluding hydrogens is 166 g/mol. The zero-order valence-electron chi connectivity index (χ0n) is 8.23. The van der Waals surface area contributed by atoms with Crippen LogP contribution < -0.4 is 0 Å². The molecule has 3 heteroatoms. The molecule has 13 heavy (non-hydrogen) atoms. The SMILES string of the molecule is CC=CCN1CC(C)C(C(=O)O)C1. The summed E-state index contributed by atoms with van der Waals surface area (Å²) in [6.07, 6.45) is 4.07. The fourth-order valence-corrected chi connectivity index (χ4v) is 1.79. The van der Waals surface area contributed by atoms with Crippen molar-refractivity contribution in [3.8, 4) is 0 Å². The average Bonchev–Trinajstić information content (AvgIpc) is 2.43. The molecule has 2 atom stereocenters. The van der Waals surface area contributed by atoms with Crippen LogP contribution in [-0.4, -0.2) is 35.6 Å². The number of nitrogens with zero attached hydrogens (tertiary/aromatic N) is 1. The number of hydrogen-bond donors (Lipinski definition) is 1. The molecule has 74 valence electrons. The molecule has 0 bridgehead atoms. The maximum Gasteiger partial charge on any atom is 0.308 e. The Balaban J connectivity index is 2.45. The molecule has 1 saturated heterocycles. The summed E-state index contributed by atoms with van der Waals surface area (Å²) in [5.74, 6) is -0.552. The molecular formula is C10H17NO2. The third-order valence-corrected chi connectivity index (χ3v) is 2.60. The summed E-state index contributed by atoms with van der Waals surface area (Å²) in [7, 11) is 0. The number of carboxylic acids is 1. The van der Waals surface area contributed by atoms with E-state index in [4.69, 9.17) is 5.11 Å². The van der Waals surface area contributed by atoms with Crippen LogP contribution in [0.15, 0.2) is 12.2 Å². The summed E-state index contributed by atoms with van der Waals surface area (Å²) in [4.78, 5) is 13.0. The van der Waals surface area contributed by atoms with Crippen LogP contribution in [0.5, 0.6) is 0 Å². The Hall–Kier alpha value is -0.830. The molecule has 0 aromatic carbocycles. The summed E-state index contributed by atoms with van der Waals surface area (Å²) < 4.78 is 0. The second-order valence-electron chi connectivity index (χ2n) is 3.71. The Kier molecular flexibility index (Phi) is 3.48. The van der Waals surface area contributed by atoms with E-state index in [0.29, 0.717) is 6.54 Å². The van der Waals surface area contributed by atoms with Gasteiger partial charge in [-0.25, -0.2) is 0 Å². The molecule has 0 radical (unpaired) electrons. The number of likely N-dealkylation sites (tertiary alicyclic amines) is 1. The minimum atomic E-state index is -0.657. The van der Waals surface area contributed by atoms with Crippen LogP contribution >= 0.6 is 0 Å². The molecule has 1 fully saturated rings. The van der Waals surface area contributed by atoms with Gasteiger partial charge in [-0.05, 0) is 12.8 Å². The molecule has 2 unspecified atom stereocenters. The summed E-state index contributed by atoms with van der Waals surface area (Å²) in [6.45, 7) is 6.47. The van der Waals surface area contributed by atoms with Crippen LogP contribution in [-0.2, 0) is 4.79 Å². The first kappa shape index (κ1) is 10.3. The van der Waals surface area contributed by atoms with Crippen LogP contribution in [0.2, 0.25) is 0 Å². The molecule has 0 spiro atoms. The van der Waals surface area contributed by atoms with E-state index in [1.165, 1.54) is 0 Å². The molecule has 1 heterocycles. The predicted molar refractivity (Wildman–Crippen MR) is 51.5 cm³/mol. The van der Waals surface area contributed by atoms with Crippen molar-refractivity contribution in [2.24, 2.45) is 11.8 Å². The highest BCUT2D eigenvalue weighted by Crippen LogP contribution is 2.22. The van der Waals surface area contributed by atoms with Gasteiger partial charge >= 0.3 is 5.97 Å². The van der Waals surface area contributed by atoms with Crippen molar-refractivity contribution in [1.82, 2.24) is 4.90 Å². The van der Waals surface area contributed by atoms with Crippen molar-refractivity contribution >= 4 is 5.97 Å². The second kappa shape index (κ2) is 4.42. The molecule has 1 N–H and O–H groups in total. The highest BCUT2D eigenvalue weighted by atomic mass is 16.4. The molecule has 1 aliphatic heterocycles. The lowest BCUT2D eigenvalue weighted by Crippen LogP contribution is -2.23. The van der Waals surface area contributed by atoms with E-state index in [1.54, 1.807) is 0 Å². The van der Waals surface area contributed by atoms with Gasteiger partial charge < -0.3 is 5.11 Å². The van der Waals surface area contributed by atoms with Gasteiger partial charge in [-0.1, -0.05) is 19.1 Å². The fourth-order valence-electron chi connectivity index (χ4n) is 1.79. The van der Waals surface area contributed by atoms with E-state index >= 15 is 0 Å². The van der Waals surface area contributed by atoms with Crippen LogP contribution in [0.3, 0.4) is 0 Å². The maximum absolute atomic E-state index is 10.8. The Morgan fingerprint density at radius 1 is 1.62 bits per heavy atom. The van der Waals surface area contributed by atoms with E-state index in [-0.39, 0.29) is 11.8 Å². The predicted octanol–water partition coefficient (Wildman–Crippen LogP) is 1.22. The summed E-state index contributed by atoms with van der Waals surface area (Å²) in [5.41, 5.74) is 0. The zero-order valence-corrected chi connectivity index (χ0v) is 8.23. The average molecular weight is 183 g/mol. The van der Waals surface area contributed by atoms with E-state index in [2.05, 4.69) is 11.0 Å². The van der Waals surface area contributed by atoms with E-state index in [0.717, 1.165) is 13.1 Å². The lowest BCUT2D eigenvalue weighted by molar-refractivity contribution is -0.142. The van der Waals surface area contributed by atoms with Crippen molar-refractivity contribution in [3.05, 3.63) is 12.2 Å². The minimum Gasteiger partial charge on any atom is -0.481 e. The molecule has 1 rings (SSSR count). The van der Waals surface area contributed by atoms with Gasteiger partial charge in [-0.3, -0.25) is 9.69 Å². The quantitative estimate of drug-likeness (QED) is 0.669. The summed E-state index contributed by atoms with van der Waals surface area (Å²) >= 11 is 0. The van der Waals surface area contributed by atoms with Crippen molar-refractivity contribution in [3.63, 3.8) is 0 Å². The van der Waals surface area contributed by atoms with Crippen molar-refractivity contribution in [2.75, 3.05) is 19.6 Å². The Morgan fingerprint density at radius 2 is 2.31 bits per heavy atom. The van der Waals surface area contributed by atoms with Gasteiger partial charge in [0.1, 0.15) is 0 Å². The fraction of sp³-hybridized carbons (Fsp3) is 0.700. The Bertz CT molecular complexity index is 213. The highest BCUT2D eigenvalue weighted by Gasteiger charge is 2.33. The van der Waals surface area contributed by atoms with Gasteiger partial charge in [0.2, 0.25) is 0 Å². The van der Waals surface area contributed by atoms with Crippen LogP contribution in [0.4, 0.5) is 0 Å². The van der Waals surface area contributed by atoms with Gasteiger partial charge in [0.15, 0.2) is 0 Å². The molecule has 0 aromatic heterocycles. The number of allylic oxidation sites excluding steroid dienone is 1. The monoisotopic (exact) mass is 183 g/mol. The minimum absolute atomic E-state index is 0.176. The summed E-state index contributed by atoms with van der Waals surface area (Å²) in [5, 5.41) is 8.88. The first-order valence-corrected chi connectivity index (χ1v) is 4.71. The number of rotatable bonds is 3. The number of aliphatic carboxylic acids is 1. The maximum atomic E-state index is 10.8. The van der Waals surface area contributed by atoms with Crippen LogP contribution in [0.25, 0.3) is 0 Å². The smallest absolute Gasteiger partial charge is 0.308 e. The molecule has 3 nitrogen and oxygen atoms in total. The lowest BCUT2D eigenvalue weighted by atomic mass is 9.99. The van der Waals surface area contributed by atoms with Gasteiger partial charge in [0.25, 0.3) is 0 Å². The van der Waals surface area contributed by atoms with E-state index in [9.17, 15) is 4.79 Å². The molecule has 0 saturated carbocycles. The number of hydrogen-bond acceptors (Lipinski definition) is 2. The third-order valence-electron chi connectivity index (χ3n) is 2.60. The highest BCUT2D eigenvalue weighted by molar-refractivity contribution is 5.71. The second-order valence-corrected chi connectivity index (χ2v) is 3.71. The molecule has 1 aliphatic rings. The Morgan fingerprint density at radius 3 is 2.77 bits per heavy atom. The lowest BCUT2D eigenvalue weighted by Gasteiger charge is -2.11. The van der Waals surface area contributed by atoms with Crippen molar-refractivity contribution in [2.45, 2.75) is 13.8 Å². The number of carbonyl (C=O) groups is 1. The van der Waals surface area contributed by atoms with Gasteiger partial charge in [-0.15, -0.1) is 0 Å². The largest absolute Gasteiger partial charge is 0.481 e. The van der Waals surface area contributed by atoms with Crippen LogP contribution in [0.1, 0.15) is 13.8 Å². The Labute approximate surface area is 79.0 Å². The first-order valence-electron chi connectivity index (χ1n) is 4.71.